The number of carbonyl (C=O) groups excluding carboxylic acids is 2. The molecule has 2 aromatic carbocycles. The van der Waals surface area contributed by atoms with E-state index in [-0.39, 0.29) is 0 Å². The summed E-state index contributed by atoms with van der Waals surface area (Å²) in [4.78, 5) is 27.8. The van der Waals surface area contributed by atoms with E-state index in [1.165, 1.54) is 10.6 Å². The van der Waals surface area contributed by atoms with E-state index in [1.807, 2.05) is 36.4 Å². The van der Waals surface area contributed by atoms with Crippen molar-refractivity contribution in [2.24, 2.45) is 0 Å². The fourth-order valence-corrected chi connectivity index (χ4v) is 2.44. The van der Waals surface area contributed by atoms with Gasteiger partial charge in [0.25, 0.3) is 0 Å². The van der Waals surface area contributed by atoms with E-state index < -0.39 is 11.7 Å². The summed E-state index contributed by atoms with van der Waals surface area (Å²) in [7, 11) is 0. The second-order valence-electron chi connectivity index (χ2n) is 4.50. The van der Waals surface area contributed by atoms with Crippen LogP contribution in [-0.2, 0) is 4.79 Å². The van der Waals surface area contributed by atoms with E-state index in [0.717, 1.165) is 16.3 Å². The van der Waals surface area contributed by atoms with Crippen molar-refractivity contribution < 1.29 is 9.59 Å². The van der Waals surface area contributed by atoms with E-state index in [1.54, 1.807) is 6.08 Å². The van der Waals surface area contributed by atoms with Crippen molar-refractivity contribution in [2.75, 3.05) is 0 Å². The molecule has 0 fully saturated rings. The third-order valence-corrected chi connectivity index (χ3v) is 3.35. The van der Waals surface area contributed by atoms with Gasteiger partial charge in [0.1, 0.15) is 5.82 Å². The van der Waals surface area contributed by atoms with Crippen LogP contribution in [0.4, 0.5) is 0 Å². The summed E-state index contributed by atoms with van der Waals surface area (Å²) in [6.07, 6.45) is 2.84. The van der Waals surface area contributed by atoms with Crippen LogP contribution < -0.4 is 0 Å². The Bertz CT molecular complexity index is 903. The minimum Gasteiger partial charge on any atom is -0.284 e. The van der Waals surface area contributed by atoms with Crippen molar-refractivity contribution in [3.05, 3.63) is 48.3 Å². The van der Waals surface area contributed by atoms with Crippen molar-refractivity contribution in [1.29, 1.82) is 0 Å². The van der Waals surface area contributed by atoms with Gasteiger partial charge in [0.05, 0.1) is 11.0 Å². The van der Waals surface area contributed by atoms with Crippen LogP contribution in [0.5, 0.6) is 0 Å². The number of fused-ring (bicyclic) bond motifs is 4. The van der Waals surface area contributed by atoms with Crippen LogP contribution >= 0.6 is 0 Å². The molecule has 4 nitrogen and oxygen atoms in total. The summed E-state index contributed by atoms with van der Waals surface area (Å²) in [5, 5.41) is 2.08. The number of aromatic nitrogens is 2. The topological polar surface area (TPSA) is 52.0 Å². The molecule has 0 spiro atoms. The van der Waals surface area contributed by atoms with E-state index in [4.69, 9.17) is 0 Å². The van der Waals surface area contributed by atoms with E-state index in [9.17, 15) is 9.59 Å². The van der Waals surface area contributed by atoms with E-state index in [0.29, 0.717) is 11.3 Å². The first-order valence-corrected chi connectivity index (χ1v) is 5.92. The average molecular weight is 248 g/mol. The van der Waals surface area contributed by atoms with Gasteiger partial charge < -0.3 is 0 Å². The molecule has 0 bridgehead atoms. The highest BCUT2D eigenvalue weighted by atomic mass is 16.2. The lowest BCUT2D eigenvalue weighted by Gasteiger charge is -2.06. The van der Waals surface area contributed by atoms with Gasteiger partial charge in [-0.25, -0.2) is 4.98 Å². The molecular formula is C15H8N2O2. The Hall–Kier alpha value is -2.75. The number of hydrogen-bond donors (Lipinski definition) is 0. The summed E-state index contributed by atoms with van der Waals surface area (Å²) in [6.45, 7) is 0. The molecule has 19 heavy (non-hydrogen) atoms. The molecule has 90 valence electrons. The number of ketones is 1. The molecule has 0 radical (unpaired) electrons. The van der Waals surface area contributed by atoms with Gasteiger partial charge >= 0.3 is 5.91 Å². The summed E-state index contributed by atoms with van der Waals surface area (Å²) in [5.74, 6) is -0.551. The van der Waals surface area contributed by atoms with Gasteiger partial charge in [0, 0.05) is 0 Å². The van der Waals surface area contributed by atoms with Crippen LogP contribution in [-0.4, -0.2) is 21.2 Å². The number of allylic oxidation sites excluding steroid dienone is 1. The molecule has 4 rings (SSSR count). The highest BCUT2D eigenvalue weighted by molar-refractivity contribution is 6.44. The molecule has 0 amide bonds. The summed E-state index contributed by atoms with van der Waals surface area (Å²) in [6, 6.07) is 11.7. The Balaban J connectivity index is 2.17. The zero-order chi connectivity index (χ0) is 13.0. The molecule has 1 aromatic heterocycles. The van der Waals surface area contributed by atoms with Gasteiger partial charge in [-0.15, -0.1) is 0 Å². The highest BCUT2D eigenvalue weighted by Gasteiger charge is 2.23. The van der Waals surface area contributed by atoms with E-state index >= 15 is 0 Å². The van der Waals surface area contributed by atoms with Crippen molar-refractivity contribution in [2.45, 2.75) is 0 Å². The summed E-state index contributed by atoms with van der Waals surface area (Å²) >= 11 is 0. The lowest BCUT2D eigenvalue weighted by atomic mass is 10.1. The highest BCUT2D eigenvalue weighted by Crippen LogP contribution is 2.25. The van der Waals surface area contributed by atoms with Gasteiger partial charge in [0.2, 0.25) is 5.78 Å². The molecule has 0 atom stereocenters. The predicted octanol–water partition coefficient (Wildman–Crippen LogP) is 2.43. The number of carbonyl (C=O) groups is 2. The van der Waals surface area contributed by atoms with Crippen molar-refractivity contribution >= 4 is 39.6 Å². The van der Waals surface area contributed by atoms with Crippen LogP contribution in [0.3, 0.4) is 0 Å². The zero-order valence-corrected chi connectivity index (χ0v) is 9.83. The molecule has 0 aliphatic carbocycles. The first kappa shape index (κ1) is 10.2. The summed E-state index contributed by atoms with van der Waals surface area (Å²) < 4.78 is 1.38. The summed E-state index contributed by atoms with van der Waals surface area (Å²) in [5.41, 5.74) is 1.40. The largest absolute Gasteiger partial charge is 0.304 e. The molecule has 4 heteroatoms. The number of hydrogen-bond acceptors (Lipinski definition) is 3. The molecule has 2 heterocycles. The molecule has 0 N–H and O–H groups in total. The van der Waals surface area contributed by atoms with Crippen LogP contribution in [0, 0.1) is 0 Å². The molecule has 0 saturated carbocycles. The molecule has 0 saturated heterocycles. The molecule has 0 unspecified atom stereocenters. The van der Waals surface area contributed by atoms with Crippen LogP contribution in [0.1, 0.15) is 10.6 Å². The van der Waals surface area contributed by atoms with Gasteiger partial charge in [-0.2, -0.15) is 0 Å². The van der Waals surface area contributed by atoms with Crippen molar-refractivity contribution in [3.8, 4) is 0 Å². The van der Waals surface area contributed by atoms with Gasteiger partial charge in [-0.3, -0.25) is 14.2 Å². The standard InChI is InChI=1S/C15H8N2O2/c18-13-5-6-14-16-11-7-9-3-1-2-4-10(9)8-12(11)17(14)15(13)19/h1-8H. The monoisotopic (exact) mass is 248 g/mol. The minimum absolute atomic E-state index is 0.509. The number of rotatable bonds is 0. The molecular weight excluding hydrogens is 240 g/mol. The lowest BCUT2D eigenvalue weighted by molar-refractivity contribution is -0.111. The maximum atomic E-state index is 11.9. The average Bonchev–Trinajstić information content (AvgIpc) is 2.78. The lowest BCUT2D eigenvalue weighted by Crippen LogP contribution is -2.23. The van der Waals surface area contributed by atoms with Crippen LogP contribution in [0.2, 0.25) is 0 Å². The second-order valence-corrected chi connectivity index (χ2v) is 4.50. The SMILES string of the molecule is O=C1C=Cc2nc3cc4ccccc4cc3n2C1=O. The Morgan fingerprint density at radius 1 is 0.947 bits per heavy atom. The number of imidazole rings is 1. The Morgan fingerprint density at radius 3 is 2.47 bits per heavy atom. The molecule has 3 aromatic rings. The maximum Gasteiger partial charge on any atom is 0.304 e. The number of benzene rings is 2. The van der Waals surface area contributed by atoms with Gasteiger partial charge in [0.15, 0.2) is 0 Å². The quantitative estimate of drug-likeness (QED) is 0.574. The fourth-order valence-electron chi connectivity index (χ4n) is 2.44. The normalized spacial score (nSPS) is 14.3. The fraction of sp³-hybridized carbons (Fsp3) is 0. The smallest absolute Gasteiger partial charge is 0.284 e. The second kappa shape index (κ2) is 3.38. The maximum absolute atomic E-state index is 11.9. The first-order chi connectivity index (χ1) is 9.24. The van der Waals surface area contributed by atoms with Gasteiger partial charge in [-0.05, 0) is 35.1 Å². The van der Waals surface area contributed by atoms with Crippen molar-refractivity contribution in [1.82, 2.24) is 9.55 Å². The third kappa shape index (κ3) is 1.31. The van der Waals surface area contributed by atoms with Crippen LogP contribution in [0.15, 0.2) is 42.5 Å². The third-order valence-electron chi connectivity index (χ3n) is 3.35. The molecule has 1 aliphatic heterocycles. The predicted molar refractivity (Wildman–Crippen MR) is 71.9 cm³/mol. The first-order valence-electron chi connectivity index (χ1n) is 5.92. The minimum atomic E-state index is -0.546. The Kier molecular flexibility index (Phi) is 1.82. The van der Waals surface area contributed by atoms with Crippen LogP contribution in [0.25, 0.3) is 27.9 Å². The number of nitrogens with zero attached hydrogens (tertiary/aromatic N) is 2. The molecule has 1 aliphatic rings. The van der Waals surface area contributed by atoms with E-state index in [2.05, 4.69) is 4.98 Å². The van der Waals surface area contributed by atoms with Gasteiger partial charge in [-0.1, -0.05) is 24.3 Å². The Labute approximate surface area is 108 Å². The van der Waals surface area contributed by atoms with Crippen molar-refractivity contribution in [3.63, 3.8) is 0 Å². The zero-order valence-electron chi connectivity index (χ0n) is 9.83. The Morgan fingerprint density at radius 2 is 1.68 bits per heavy atom.